The number of nitrogens with one attached hydrogen (secondary N) is 1. The minimum Gasteiger partial charge on any atom is -0.480 e. The van der Waals surface area contributed by atoms with E-state index in [1.807, 2.05) is 39.8 Å². The van der Waals surface area contributed by atoms with Gasteiger partial charge in [0.05, 0.1) is 0 Å². The Bertz CT molecular complexity index is 272. The molecule has 0 aliphatic carbocycles. The zero-order valence-electron chi connectivity index (χ0n) is 11.3. The summed E-state index contributed by atoms with van der Waals surface area (Å²) in [5.41, 5.74) is -0.369. The predicted molar refractivity (Wildman–Crippen MR) is 66.0 cm³/mol. The van der Waals surface area contributed by atoms with Crippen LogP contribution in [0.3, 0.4) is 0 Å². The summed E-state index contributed by atoms with van der Waals surface area (Å²) in [6, 6.07) is -0.346. The van der Waals surface area contributed by atoms with Crippen molar-refractivity contribution in [2.45, 2.75) is 26.3 Å². The number of rotatable bonds is 5. The summed E-state index contributed by atoms with van der Waals surface area (Å²) in [5.74, 6) is -1.01. The Morgan fingerprint density at radius 1 is 1.18 bits per heavy atom. The van der Waals surface area contributed by atoms with E-state index in [4.69, 9.17) is 5.11 Å². The van der Waals surface area contributed by atoms with Gasteiger partial charge in [0.1, 0.15) is 6.54 Å². The number of carbonyl (C=O) groups is 2. The van der Waals surface area contributed by atoms with Crippen molar-refractivity contribution < 1.29 is 14.7 Å². The molecule has 17 heavy (non-hydrogen) atoms. The summed E-state index contributed by atoms with van der Waals surface area (Å²) in [5, 5.41) is 11.5. The second-order valence-electron chi connectivity index (χ2n) is 5.30. The van der Waals surface area contributed by atoms with Gasteiger partial charge < -0.3 is 20.2 Å². The van der Waals surface area contributed by atoms with Gasteiger partial charge in [0.2, 0.25) is 0 Å². The van der Waals surface area contributed by atoms with E-state index in [1.54, 1.807) is 0 Å². The summed E-state index contributed by atoms with van der Waals surface area (Å²) in [6.07, 6.45) is 0. The molecule has 6 heteroatoms. The third-order valence-corrected chi connectivity index (χ3v) is 1.91. The minimum atomic E-state index is -1.01. The van der Waals surface area contributed by atoms with Gasteiger partial charge in [-0.2, -0.15) is 0 Å². The van der Waals surface area contributed by atoms with Crippen molar-refractivity contribution in [3.05, 3.63) is 0 Å². The maximum atomic E-state index is 11.8. The van der Waals surface area contributed by atoms with Crippen molar-refractivity contribution in [1.82, 2.24) is 15.1 Å². The lowest BCUT2D eigenvalue weighted by molar-refractivity contribution is -0.137. The normalized spacial score (nSPS) is 11.4. The zero-order valence-corrected chi connectivity index (χ0v) is 11.3. The summed E-state index contributed by atoms with van der Waals surface area (Å²) >= 11 is 0. The number of likely N-dealkylation sites (N-methyl/N-ethyl adjacent to an activating group) is 1. The molecule has 0 bridgehead atoms. The van der Waals surface area contributed by atoms with E-state index in [2.05, 4.69) is 5.32 Å². The van der Waals surface area contributed by atoms with Crippen LogP contribution < -0.4 is 5.32 Å². The van der Waals surface area contributed by atoms with Gasteiger partial charge in [0, 0.05) is 18.6 Å². The molecule has 0 fully saturated rings. The van der Waals surface area contributed by atoms with Gasteiger partial charge in [0.15, 0.2) is 0 Å². The van der Waals surface area contributed by atoms with E-state index in [-0.39, 0.29) is 18.1 Å². The van der Waals surface area contributed by atoms with Gasteiger partial charge in [-0.25, -0.2) is 4.79 Å². The Hall–Kier alpha value is -1.30. The standard InChI is InChI=1S/C11H23N3O3/c1-11(2,3)12-10(17)14(8-9(15)16)7-6-13(4)5/h6-8H2,1-5H3,(H,12,17)(H,15,16). The lowest BCUT2D eigenvalue weighted by atomic mass is 10.1. The number of aliphatic carboxylic acids is 1. The highest BCUT2D eigenvalue weighted by molar-refractivity contribution is 5.80. The number of urea groups is 1. The highest BCUT2D eigenvalue weighted by atomic mass is 16.4. The highest BCUT2D eigenvalue weighted by Gasteiger charge is 2.21. The molecule has 2 amide bonds. The van der Waals surface area contributed by atoms with Crippen LogP contribution in [0.15, 0.2) is 0 Å². The average molecular weight is 245 g/mol. The minimum absolute atomic E-state index is 0.282. The van der Waals surface area contributed by atoms with Crippen LogP contribution in [0.5, 0.6) is 0 Å². The van der Waals surface area contributed by atoms with E-state index in [0.717, 1.165) is 0 Å². The van der Waals surface area contributed by atoms with Gasteiger partial charge in [-0.1, -0.05) is 0 Å². The number of nitrogens with zero attached hydrogens (tertiary/aromatic N) is 2. The number of carboxylic acids is 1. The fourth-order valence-electron chi connectivity index (χ4n) is 1.14. The number of carbonyl (C=O) groups excluding carboxylic acids is 1. The van der Waals surface area contributed by atoms with Crippen molar-refractivity contribution in [2.75, 3.05) is 33.7 Å². The third-order valence-electron chi connectivity index (χ3n) is 1.91. The van der Waals surface area contributed by atoms with Crippen molar-refractivity contribution >= 4 is 12.0 Å². The van der Waals surface area contributed by atoms with Crippen molar-refractivity contribution in [2.24, 2.45) is 0 Å². The summed E-state index contributed by atoms with van der Waals surface area (Å²) in [7, 11) is 3.75. The van der Waals surface area contributed by atoms with Crippen molar-refractivity contribution in [1.29, 1.82) is 0 Å². The van der Waals surface area contributed by atoms with Crippen LogP contribution in [-0.2, 0) is 4.79 Å². The number of hydrogen-bond acceptors (Lipinski definition) is 3. The number of carboxylic acid groups (broad SMARTS) is 1. The van der Waals surface area contributed by atoms with Crippen LogP contribution >= 0.6 is 0 Å². The fraction of sp³-hybridized carbons (Fsp3) is 0.818. The number of hydrogen-bond donors (Lipinski definition) is 2. The molecule has 2 N–H and O–H groups in total. The molecular weight excluding hydrogens is 222 g/mol. The van der Waals surface area contributed by atoms with Crippen LogP contribution in [0.25, 0.3) is 0 Å². The molecule has 0 spiro atoms. The van der Waals surface area contributed by atoms with Crippen LogP contribution in [0.4, 0.5) is 4.79 Å². The van der Waals surface area contributed by atoms with E-state index in [0.29, 0.717) is 13.1 Å². The molecule has 0 aromatic rings. The molecule has 0 unspecified atom stereocenters. The molecule has 0 saturated carbocycles. The highest BCUT2D eigenvalue weighted by Crippen LogP contribution is 2.01. The van der Waals surface area contributed by atoms with Crippen LogP contribution in [0.2, 0.25) is 0 Å². The summed E-state index contributed by atoms with van der Waals surface area (Å²) < 4.78 is 0. The SMILES string of the molecule is CN(C)CCN(CC(=O)O)C(=O)NC(C)(C)C. The summed E-state index contributed by atoms with van der Waals surface area (Å²) in [4.78, 5) is 25.7. The Balaban J connectivity index is 4.45. The Labute approximate surface area is 103 Å². The van der Waals surface area contributed by atoms with Gasteiger partial charge in [-0.15, -0.1) is 0 Å². The smallest absolute Gasteiger partial charge is 0.323 e. The summed E-state index contributed by atoms with van der Waals surface area (Å²) in [6.45, 7) is 6.31. The molecule has 0 atom stereocenters. The van der Waals surface area contributed by atoms with Gasteiger partial charge in [-0.3, -0.25) is 4.79 Å². The Morgan fingerprint density at radius 3 is 2.06 bits per heavy atom. The molecule has 0 rings (SSSR count). The van der Waals surface area contributed by atoms with Gasteiger partial charge in [-0.05, 0) is 34.9 Å². The lowest BCUT2D eigenvalue weighted by Gasteiger charge is -2.28. The first kappa shape index (κ1) is 15.7. The van der Waals surface area contributed by atoms with E-state index < -0.39 is 5.97 Å². The first-order valence-corrected chi connectivity index (χ1v) is 5.55. The Morgan fingerprint density at radius 2 is 1.71 bits per heavy atom. The Kier molecular flexibility index (Phi) is 5.95. The monoisotopic (exact) mass is 245 g/mol. The van der Waals surface area contributed by atoms with Crippen molar-refractivity contribution in [3.63, 3.8) is 0 Å². The fourth-order valence-corrected chi connectivity index (χ4v) is 1.14. The molecule has 0 aliphatic rings. The number of amides is 2. The molecule has 0 aliphatic heterocycles. The molecule has 6 nitrogen and oxygen atoms in total. The molecule has 0 aromatic heterocycles. The molecule has 0 aromatic carbocycles. The lowest BCUT2D eigenvalue weighted by Crippen LogP contribution is -2.51. The maximum Gasteiger partial charge on any atom is 0.323 e. The largest absolute Gasteiger partial charge is 0.480 e. The quantitative estimate of drug-likeness (QED) is 0.737. The van der Waals surface area contributed by atoms with E-state index in [9.17, 15) is 9.59 Å². The predicted octanol–water partition coefficient (Wildman–Crippen LogP) is 0.443. The molecule has 0 heterocycles. The zero-order chi connectivity index (χ0) is 13.6. The second kappa shape index (κ2) is 6.44. The molecule has 0 saturated heterocycles. The molecule has 0 radical (unpaired) electrons. The maximum absolute atomic E-state index is 11.8. The molecule has 100 valence electrons. The van der Waals surface area contributed by atoms with Crippen LogP contribution in [-0.4, -0.2) is 66.2 Å². The van der Waals surface area contributed by atoms with Crippen LogP contribution in [0.1, 0.15) is 20.8 Å². The second-order valence-corrected chi connectivity index (χ2v) is 5.30. The van der Waals surface area contributed by atoms with Crippen molar-refractivity contribution in [3.8, 4) is 0 Å². The van der Waals surface area contributed by atoms with Gasteiger partial charge in [0.25, 0.3) is 0 Å². The van der Waals surface area contributed by atoms with E-state index in [1.165, 1.54) is 4.90 Å². The topological polar surface area (TPSA) is 72.9 Å². The first-order chi connectivity index (χ1) is 7.61. The van der Waals surface area contributed by atoms with Crippen LogP contribution in [0, 0.1) is 0 Å². The van der Waals surface area contributed by atoms with E-state index >= 15 is 0 Å². The third kappa shape index (κ3) is 8.50. The van der Waals surface area contributed by atoms with Gasteiger partial charge >= 0.3 is 12.0 Å². The average Bonchev–Trinajstić information content (AvgIpc) is 2.08. The molecular formula is C11H23N3O3. The first-order valence-electron chi connectivity index (χ1n) is 5.55.